The topological polar surface area (TPSA) is 21.7 Å². The van der Waals surface area contributed by atoms with Gasteiger partial charge in [-0.2, -0.15) is 16.1 Å². The van der Waals surface area contributed by atoms with Crippen LogP contribution < -0.4 is 0 Å². The summed E-state index contributed by atoms with van der Waals surface area (Å²) in [5.41, 5.74) is 2.17. The highest BCUT2D eigenvalue weighted by molar-refractivity contribution is 7.19. The summed E-state index contributed by atoms with van der Waals surface area (Å²) in [5.74, 6) is 0.373. The van der Waals surface area contributed by atoms with E-state index in [-0.39, 0.29) is 17.7 Å². The summed E-state index contributed by atoms with van der Waals surface area (Å²) in [7, 11) is -1.81. The van der Waals surface area contributed by atoms with E-state index >= 15 is 0 Å². The van der Waals surface area contributed by atoms with Crippen LogP contribution in [0.3, 0.4) is 0 Å². The van der Waals surface area contributed by atoms with Crippen molar-refractivity contribution in [3.63, 3.8) is 0 Å². The Labute approximate surface area is 189 Å². The van der Waals surface area contributed by atoms with Crippen LogP contribution in [0.5, 0.6) is 0 Å². The molecule has 0 spiro atoms. The van der Waals surface area contributed by atoms with Gasteiger partial charge in [-0.25, -0.2) is 0 Å². The van der Waals surface area contributed by atoms with Crippen molar-refractivity contribution in [1.29, 1.82) is 0 Å². The lowest BCUT2D eigenvalue weighted by atomic mass is 9.92. The van der Waals surface area contributed by atoms with E-state index in [1.807, 2.05) is 18.2 Å². The summed E-state index contributed by atoms with van der Waals surface area (Å²) >= 11 is 6.48. The maximum Gasteiger partial charge on any atom is 0.176 e. The van der Waals surface area contributed by atoms with Crippen LogP contribution in [0.2, 0.25) is 13.1 Å². The molecule has 0 saturated carbocycles. The van der Waals surface area contributed by atoms with Crippen molar-refractivity contribution >= 4 is 18.5 Å². The quantitative estimate of drug-likeness (QED) is 0.219. The number of rotatable bonds is 10. The zero-order valence-corrected chi connectivity index (χ0v) is 21.3. The van der Waals surface area contributed by atoms with Gasteiger partial charge >= 0.3 is 0 Å². The fraction of sp³-hybridized carbons (Fsp3) is 0.520. The standard InChI is InChI=1S/C25H38ClNO2Si/c1-20(2)24(22-16-12-9-13-17-22)27(25(3,4)5)29-23(18-28-19-30(6,7)26)21-14-10-8-11-15-21/h8-17,20,23-24H,18-19H2,1-7H3. The van der Waals surface area contributed by atoms with E-state index in [0.717, 1.165) is 5.56 Å². The van der Waals surface area contributed by atoms with Gasteiger partial charge in [-0.05, 0) is 37.8 Å². The monoisotopic (exact) mass is 447 g/mol. The number of hydrogen-bond donors (Lipinski definition) is 0. The Morgan fingerprint density at radius 3 is 1.83 bits per heavy atom. The lowest BCUT2D eigenvalue weighted by molar-refractivity contribution is -0.283. The number of halogens is 1. The predicted molar refractivity (Wildman–Crippen MR) is 130 cm³/mol. The van der Waals surface area contributed by atoms with Crippen LogP contribution in [-0.2, 0) is 9.57 Å². The molecule has 2 unspecified atom stereocenters. The lowest BCUT2D eigenvalue weighted by Gasteiger charge is -2.44. The fourth-order valence-electron chi connectivity index (χ4n) is 3.48. The molecule has 0 aliphatic heterocycles. The summed E-state index contributed by atoms with van der Waals surface area (Å²) in [4.78, 5) is 6.77. The highest BCUT2D eigenvalue weighted by atomic mass is 35.6. The molecule has 166 valence electrons. The molecule has 3 nitrogen and oxygen atoms in total. The second-order valence-electron chi connectivity index (χ2n) is 9.83. The molecule has 2 aromatic carbocycles. The van der Waals surface area contributed by atoms with Gasteiger partial charge in [0.1, 0.15) is 6.10 Å². The fourth-order valence-corrected chi connectivity index (χ4v) is 4.32. The molecule has 30 heavy (non-hydrogen) atoms. The third kappa shape index (κ3) is 7.82. The van der Waals surface area contributed by atoms with Crippen molar-refractivity contribution in [2.75, 3.05) is 12.8 Å². The first-order valence-electron chi connectivity index (χ1n) is 10.8. The van der Waals surface area contributed by atoms with Gasteiger partial charge in [-0.15, -0.1) is 0 Å². The molecule has 0 aromatic heterocycles. The minimum Gasteiger partial charge on any atom is -0.380 e. The Bertz CT molecular complexity index is 741. The second-order valence-corrected chi connectivity index (χ2v) is 16.6. The molecular weight excluding hydrogens is 410 g/mol. The first-order valence-corrected chi connectivity index (χ1v) is 15.0. The third-order valence-corrected chi connectivity index (χ3v) is 6.03. The van der Waals surface area contributed by atoms with Gasteiger partial charge in [0.05, 0.1) is 18.9 Å². The summed E-state index contributed by atoms with van der Waals surface area (Å²) in [6, 6.07) is 21.1. The average molecular weight is 448 g/mol. The van der Waals surface area contributed by atoms with E-state index in [0.29, 0.717) is 18.8 Å². The smallest absolute Gasteiger partial charge is 0.176 e. The molecule has 0 heterocycles. The molecule has 2 aromatic rings. The van der Waals surface area contributed by atoms with Crippen molar-refractivity contribution in [3.8, 4) is 0 Å². The SMILES string of the molecule is CC(C)C(c1ccccc1)N(OC(COC[Si](C)(C)Cl)c1ccccc1)C(C)(C)C. The third-order valence-electron chi connectivity index (χ3n) is 4.81. The number of ether oxygens (including phenoxy) is 1. The van der Waals surface area contributed by atoms with E-state index in [1.54, 1.807) is 0 Å². The largest absolute Gasteiger partial charge is 0.380 e. The van der Waals surface area contributed by atoms with Gasteiger partial charge in [-0.1, -0.05) is 87.6 Å². The Balaban J connectivity index is 2.35. The van der Waals surface area contributed by atoms with Crippen molar-refractivity contribution in [2.24, 2.45) is 5.92 Å². The molecule has 2 rings (SSSR count). The van der Waals surface area contributed by atoms with E-state index in [1.165, 1.54) is 5.56 Å². The Morgan fingerprint density at radius 2 is 1.40 bits per heavy atom. The van der Waals surface area contributed by atoms with Crippen molar-refractivity contribution < 1.29 is 9.57 Å². The Hall–Kier alpha value is -1.17. The van der Waals surface area contributed by atoms with Gasteiger partial charge in [0, 0.05) is 5.54 Å². The highest BCUT2D eigenvalue weighted by Gasteiger charge is 2.35. The molecule has 5 heteroatoms. The van der Waals surface area contributed by atoms with Crippen molar-refractivity contribution in [1.82, 2.24) is 5.06 Å². The average Bonchev–Trinajstić information content (AvgIpc) is 2.66. The predicted octanol–water partition coefficient (Wildman–Crippen LogP) is 7.16. The highest BCUT2D eigenvalue weighted by Crippen LogP contribution is 2.37. The van der Waals surface area contributed by atoms with E-state index in [9.17, 15) is 0 Å². The zero-order chi connectivity index (χ0) is 22.4. The first-order chi connectivity index (χ1) is 14.0. The molecule has 0 aliphatic carbocycles. The lowest BCUT2D eigenvalue weighted by Crippen LogP contribution is -2.46. The van der Waals surface area contributed by atoms with Crippen LogP contribution in [0.1, 0.15) is 57.9 Å². The van der Waals surface area contributed by atoms with Gasteiger partial charge in [0.15, 0.2) is 7.38 Å². The van der Waals surface area contributed by atoms with Gasteiger partial charge in [-0.3, -0.25) is 4.84 Å². The van der Waals surface area contributed by atoms with Crippen LogP contribution >= 0.6 is 11.1 Å². The van der Waals surface area contributed by atoms with Crippen molar-refractivity contribution in [3.05, 3.63) is 71.8 Å². The number of nitrogens with zero attached hydrogens (tertiary/aromatic N) is 1. The maximum absolute atomic E-state index is 6.77. The molecule has 0 fully saturated rings. The van der Waals surface area contributed by atoms with Gasteiger partial charge in [0.25, 0.3) is 0 Å². The molecule has 0 aliphatic rings. The molecular formula is C25H38ClNO2Si. The normalized spacial score (nSPS) is 14.9. The summed E-state index contributed by atoms with van der Waals surface area (Å²) < 4.78 is 6.05. The molecule has 2 atom stereocenters. The van der Waals surface area contributed by atoms with Crippen LogP contribution in [0, 0.1) is 5.92 Å². The number of hydrogen-bond acceptors (Lipinski definition) is 3. The summed E-state index contributed by atoms with van der Waals surface area (Å²) in [5, 5.41) is 2.16. The molecule has 0 N–H and O–H groups in total. The molecule has 0 amide bonds. The second kappa shape index (κ2) is 10.9. The maximum atomic E-state index is 6.77. The van der Waals surface area contributed by atoms with E-state index in [2.05, 4.69) is 95.2 Å². The van der Waals surface area contributed by atoms with Crippen molar-refractivity contribution in [2.45, 2.75) is 65.4 Å². The number of benzene rings is 2. The molecule has 0 bridgehead atoms. The van der Waals surface area contributed by atoms with Crippen LogP contribution in [0.25, 0.3) is 0 Å². The minimum atomic E-state index is -1.81. The van der Waals surface area contributed by atoms with E-state index in [4.69, 9.17) is 20.7 Å². The number of hydroxylamine groups is 2. The Kier molecular flexibility index (Phi) is 9.13. The zero-order valence-electron chi connectivity index (χ0n) is 19.6. The van der Waals surface area contributed by atoms with Gasteiger partial charge in [0.2, 0.25) is 0 Å². The van der Waals surface area contributed by atoms with Crippen LogP contribution in [-0.4, -0.2) is 30.8 Å². The summed E-state index contributed by atoms with van der Waals surface area (Å²) in [6.45, 7) is 15.7. The van der Waals surface area contributed by atoms with Crippen LogP contribution in [0.15, 0.2) is 60.7 Å². The first kappa shape index (κ1) is 25.1. The molecule has 0 radical (unpaired) electrons. The van der Waals surface area contributed by atoms with Gasteiger partial charge < -0.3 is 4.74 Å². The minimum absolute atomic E-state index is 0.122. The Morgan fingerprint density at radius 1 is 0.900 bits per heavy atom. The van der Waals surface area contributed by atoms with E-state index < -0.39 is 7.38 Å². The summed E-state index contributed by atoms with van der Waals surface area (Å²) in [6.07, 6.45) is 0.395. The molecule has 0 saturated heterocycles. The van der Waals surface area contributed by atoms with Crippen LogP contribution in [0.4, 0.5) is 0 Å².